The third-order valence-corrected chi connectivity index (χ3v) is 4.73. The summed E-state index contributed by atoms with van der Waals surface area (Å²) >= 11 is 0. The molecule has 1 aliphatic rings. The van der Waals surface area contributed by atoms with Crippen molar-refractivity contribution < 1.29 is 14.0 Å². The van der Waals surface area contributed by atoms with E-state index in [0.29, 0.717) is 17.6 Å². The Hall–Kier alpha value is -2.73. The summed E-state index contributed by atoms with van der Waals surface area (Å²) in [5.74, 6) is 1.63. The van der Waals surface area contributed by atoms with E-state index in [2.05, 4.69) is 15.1 Å². The minimum Gasteiger partial charge on any atom is -0.469 e. The number of hydrogen-bond donors (Lipinski definition) is 0. The van der Waals surface area contributed by atoms with Crippen LogP contribution in [0.25, 0.3) is 22.8 Å². The molecule has 6 nitrogen and oxygen atoms in total. The lowest BCUT2D eigenvalue weighted by Crippen LogP contribution is -2.47. The molecule has 0 saturated carbocycles. The van der Waals surface area contributed by atoms with Gasteiger partial charge < -0.3 is 14.0 Å². The minimum atomic E-state index is -0.417. The van der Waals surface area contributed by atoms with Gasteiger partial charge in [-0.3, -0.25) is 0 Å². The summed E-state index contributed by atoms with van der Waals surface area (Å²) in [5, 5.41) is 4.09. The number of pyridine rings is 1. The number of benzene rings is 1. The maximum atomic E-state index is 6.00. The molecule has 0 amide bonds. The molecule has 2 aromatic heterocycles. The molecule has 1 aliphatic heterocycles. The number of rotatable bonds is 3. The molecule has 6 heteroatoms. The van der Waals surface area contributed by atoms with Crippen LogP contribution in [-0.2, 0) is 11.2 Å². The fourth-order valence-electron chi connectivity index (χ4n) is 3.14. The third kappa shape index (κ3) is 2.97. The second-order valence-electron chi connectivity index (χ2n) is 7.11. The van der Waals surface area contributed by atoms with Gasteiger partial charge in [-0.05, 0) is 26.8 Å². The lowest BCUT2D eigenvalue weighted by molar-refractivity contribution is -0.0668. The average molecular weight is 351 g/mol. The van der Waals surface area contributed by atoms with E-state index < -0.39 is 5.60 Å². The first-order chi connectivity index (χ1) is 12.5. The maximum absolute atomic E-state index is 6.00. The number of fused-ring (bicyclic) bond motifs is 1. The lowest BCUT2D eigenvalue weighted by atomic mass is 9.92. The maximum Gasteiger partial charge on any atom is 0.259 e. The Labute approximate surface area is 152 Å². The number of aryl methyl sites for hydroxylation is 1. The van der Waals surface area contributed by atoms with Crippen molar-refractivity contribution in [2.75, 3.05) is 7.11 Å². The van der Waals surface area contributed by atoms with E-state index in [1.807, 2.05) is 51.1 Å². The van der Waals surface area contributed by atoms with Crippen LogP contribution in [-0.4, -0.2) is 33.9 Å². The zero-order chi connectivity index (χ0) is 18.3. The van der Waals surface area contributed by atoms with Crippen molar-refractivity contribution in [2.45, 2.75) is 38.9 Å². The predicted octanol–water partition coefficient (Wildman–Crippen LogP) is 3.84. The molecule has 0 spiro atoms. The number of ether oxygens (including phenoxy) is 2. The van der Waals surface area contributed by atoms with E-state index in [9.17, 15) is 0 Å². The van der Waals surface area contributed by atoms with Crippen molar-refractivity contribution in [1.29, 1.82) is 0 Å². The fraction of sp³-hybridized carbons (Fsp3) is 0.350. The molecular formula is C20H21N3O3. The second-order valence-corrected chi connectivity index (χ2v) is 7.11. The normalized spacial score (nSPS) is 18.2. The van der Waals surface area contributed by atoms with Gasteiger partial charge in [-0.25, -0.2) is 4.98 Å². The molecule has 0 radical (unpaired) electrons. The first kappa shape index (κ1) is 16.7. The van der Waals surface area contributed by atoms with Crippen LogP contribution in [0.1, 0.15) is 25.0 Å². The Morgan fingerprint density at radius 2 is 1.92 bits per heavy atom. The van der Waals surface area contributed by atoms with Gasteiger partial charge in [0.2, 0.25) is 11.7 Å². The van der Waals surface area contributed by atoms with Crippen LogP contribution < -0.4 is 4.74 Å². The monoisotopic (exact) mass is 351 g/mol. The largest absolute Gasteiger partial charge is 0.469 e. The summed E-state index contributed by atoms with van der Waals surface area (Å²) in [6.07, 6.45) is 2.38. The van der Waals surface area contributed by atoms with E-state index in [1.54, 1.807) is 13.3 Å². The number of hydrogen-bond acceptors (Lipinski definition) is 6. The van der Waals surface area contributed by atoms with Crippen LogP contribution in [0.2, 0.25) is 0 Å². The van der Waals surface area contributed by atoms with Gasteiger partial charge in [0.05, 0.1) is 5.56 Å². The minimum absolute atomic E-state index is 0.0437. The van der Waals surface area contributed by atoms with Crippen molar-refractivity contribution in [2.24, 2.45) is 0 Å². The highest BCUT2D eigenvalue weighted by Crippen LogP contribution is 2.35. The highest BCUT2D eigenvalue weighted by Gasteiger charge is 2.38. The third-order valence-electron chi connectivity index (χ3n) is 4.73. The summed E-state index contributed by atoms with van der Waals surface area (Å²) < 4.78 is 17.0. The first-order valence-corrected chi connectivity index (χ1v) is 8.58. The summed E-state index contributed by atoms with van der Waals surface area (Å²) in [4.78, 5) is 8.96. The van der Waals surface area contributed by atoms with E-state index in [1.165, 1.54) is 5.56 Å². The number of methoxy groups -OCH3 is 1. The zero-order valence-electron chi connectivity index (χ0n) is 15.3. The van der Waals surface area contributed by atoms with Gasteiger partial charge in [-0.15, -0.1) is 0 Å². The van der Waals surface area contributed by atoms with Crippen LogP contribution in [0.15, 0.2) is 41.1 Å². The molecule has 0 N–H and O–H groups in total. The highest BCUT2D eigenvalue weighted by atomic mass is 16.6. The SMILES string of the molecule is CO[C@H]1Cc2cc(-c3nc(-c4ccc(C)cc4)no3)cnc2OC1(C)C. The zero-order valence-corrected chi connectivity index (χ0v) is 15.3. The van der Waals surface area contributed by atoms with Crippen molar-refractivity contribution in [1.82, 2.24) is 15.1 Å². The second kappa shape index (κ2) is 6.21. The molecule has 3 heterocycles. The lowest BCUT2D eigenvalue weighted by Gasteiger charge is -2.38. The Bertz CT molecular complexity index is 932. The molecule has 1 atom stereocenters. The van der Waals surface area contributed by atoms with Gasteiger partial charge in [0, 0.05) is 30.9 Å². The van der Waals surface area contributed by atoms with Gasteiger partial charge in [0.15, 0.2) is 0 Å². The molecule has 1 aromatic carbocycles. The average Bonchev–Trinajstić information content (AvgIpc) is 3.11. The Kier molecular flexibility index (Phi) is 4.00. The molecule has 4 rings (SSSR count). The smallest absolute Gasteiger partial charge is 0.259 e. The Balaban J connectivity index is 1.65. The van der Waals surface area contributed by atoms with Crippen LogP contribution >= 0.6 is 0 Å². The molecule has 134 valence electrons. The van der Waals surface area contributed by atoms with Gasteiger partial charge in [0.1, 0.15) is 11.7 Å². The van der Waals surface area contributed by atoms with E-state index >= 15 is 0 Å². The summed E-state index contributed by atoms with van der Waals surface area (Å²) in [5.41, 5.74) is 3.43. The van der Waals surface area contributed by atoms with Crippen molar-refractivity contribution >= 4 is 0 Å². The highest BCUT2D eigenvalue weighted by molar-refractivity contribution is 5.60. The standard InChI is InChI=1S/C20H21N3O3/c1-12-5-7-13(8-6-12)17-22-19(26-23-17)15-9-14-10-16(24-4)20(2,3)25-18(14)21-11-15/h5-9,11,16H,10H2,1-4H3/t16-/m0/s1. The van der Waals surface area contributed by atoms with Crippen molar-refractivity contribution in [3.63, 3.8) is 0 Å². The van der Waals surface area contributed by atoms with Crippen LogP contribution in [0.4, 0.5) is 0 Å². The topological polar surface area (TPSA) is 70.3 Å². The van der Waals surface area contributed by atoms with Crippen LogP contribution in [0.3, 0.4) is 0 Å². The number of aromatic nitrogens is 3. The fourth-order valence-corrected chi connectivity index (χ4v) is 3.14. The van der Waals surface area contributed by atoms with Gasteiger partial charge >= 0.3 is 0 Å². The molecule has 0 aliphatic carbocycles. The van der Waals surface area contributed by atoms with Gasteiger partial charge in [-0.1, -0.05) is 35.0 Å². The molecule has 0 bridgehead atoms. The molecule has 0 saturated heterocycles. The molecule has 0 fully saturated rings. The summed E-state index contributed by atoms with van der Waals surface area (Å²) in [6, 6.07) is 9.99. The summed E-state index contributed by atoms with van der Waals surface area (Å²) in [6.45, 7) is 6.05. The molecule has 3 aromatic rings. The Morgan fingerprint density at radius 3 is 2.65 bits per heavy atom. The molecule has 26 heavy (non-hydrogen) atoms. The summed E-state index contributed by atoms with van der Waals surface area (Å²) in [7, 11) is 1.70. The Morgan fingerprint density at radius 1 is 1.15 bits per heavy atom. The van der Waals surface area contributed by atoms with E-state index in [0.717, 1.165) is 23.1 Å². The number of nitrogens with zero attached hydrogens (tertiary/aromatic N) is 3. The van der Waals surface area contributed by atoms with E-state index in [4.69, 9.17) is 14.0 Å². The van der Waals surface area contributed by atoms with Crippen LogP contribution in [0, 0.1) is 6.92 Å². The predicted molar refractivity (Wildman–Crippen MR) is 96.9 cm³/mol. The quantitative estimate of drug-likeness (QED) is 0.714. The van der Waals surface area contributed by atoms with E-state index in [-0.39, 0.29) is 6.10 Å². The van der Waals surface area contributed by atoms with Gasteiger partial charge in [0.25, 0.3) is 5.89 Å². The van der Waals surface area contributed by atoms with Crippen molar-refractivity contribution in [3.05, 3.63) is 47.7 Å². The molecular weight excluding hydrogens is 330 g/mol. The molecule has 0 unspecified atom stereocenters. The first-order valence-electron chi connectivity index (χ1n) is 8.58. The van der Waals surface area contributed by atoms with Crippen molar-refractivity contribution in [3.8, 4) is 28.7 Å². The van der Waals surface area contributed by atoms with Crippen LogP contribution in [0.5, 0.6) is 5.88 Å². The van der Waals surface area contributed by atoms with Gasteiger partial charge in [-0.2, -0.15) is 4.98 Å².